The zero-order valence-electron chi connectivity index (χ0n) is 15.9. The molecule has 0 aromatic carbocycles. The van der Waals surface area contributed by atoms with Crippen LogP contribution in [0.25, 0.3) is 0 Å². The minimum Gasteiger partial charge on any atom is -0.399 e. The molecule has 0 radical (unpaired) electrons. The van der Waals surface area contributed by atoms with E-state index in [-0.39, 0.29) is 32.0 Å². The topological polar surface area (TPSA) is 109 Å². The van der Waals surface area contributed by atoms with Crippen molar-refractivity contribution < 1.29 is 24.3 Å². The SMILES string of the molecule is CC.COCC(C)(C)C(O)C(=O)NCCC(=O)NC/C(C)=N/OC. The molecule has 0 saturated carbocycles. The summed E-state index contributed by atoms with van der Waals surface area (Å²) in [6, 6.07) is 0. The fourth-order valence-electron chi connectivity index (χ4n) is 1.70. The predicted molar refractivity (Wildman–Crippen MR) is 93.8 cm³/mol. The maximum absolute atomic E-state index is 11.8. The van der Waals surface area contributed by atoms with Crippen LogP contribution in [-0.2, 0) is 19.2 Å². The van der Waals surface area contributed by atoms with Crippen molar-refractivity contribution >= 4 is 17.5 Å². The van der Waals surface area contributed by atoms with Crippen molar-refractivity contribution in [3.05, 3.63) is 0 Å². The summed E-state index contributed by atoms with van der Waals surface area (Å²) in [5, 5.41) is 18.8. The summed E-state index contributed by atoms with van der Waals surface area (Å²) < 4.78 is 4.97. The van der Waals surface area contributed by atoms with Crippen molar-refractivity contribution in [2.45, 2.75) is 47.1 Å². The van der Waals surface area contributed by atoms with E-state index in [1.165, 1.54) is 14.2 Å². The number of amides is 2. The highest BCUT2D eigenvalue weighted by molar-refractivity contribution is 5.88. The number of ether oxygens (including phenoxy) is 1. The molecule has 0 aromatic rings. The van der Waals surface area contributed by atoms with E-state index in [2.05, 4.69) is 20.6 Å². The van der Waals surface area contributed by atoms with Crippen LogP contribution in [0.4, 0.5) is 0 Å². The molecular weight excluding hydrogens is 314 g/mol. The highest BCUT2D eigenvalue weighted by Gasteiger charge is 2.33. The van der Waals surface area contributed by atoms with E-state index in [9.17, 15) is 14.7 Å². The number of aliphatic hydroxyl groups is 1. The van der Waals surface area contributed by atoms with E-state index < -0.39 is 17.4 Å². The first-order valence-corrected chi connectivity index (χ1v) is 8.02. The summed E-state index contributed by atoms with van der Waals surface area (Å²) in [5.41, 5.74) is -0.0638. The van der Waals surface area contributed by atoms with Gasteiger partial charge in [-0.25, -0.2) is 0 Å². The minimum atomic E-state index is -1.20. The zero-order chi connectivity index (χ0) is 19.2. The maximum atomic E-state index is 11.8. The first-order valence-electron chi connectivity index (χ1n) is 8.02. The molecule has 0 fully saturated rings. The number of rotatable bonds is 10. The lowest BCUT2D eigenvalue weighted by Gasteiger charge is -2.28. The highest BCUT2D eigenvalue weighted by atomic mass is 16.6. The average molecular weight is 347 g/mol. The Bertz CT molecular complexity index is 397. The van der Waals surface area contributed by atoms with E-state index in [4.69, 9.17) is 4.74 Å². The van der Waals surface area contributed by atoms with Gasteiger partial charge in [-0.05, 0) is 6.92 Å². The maximum Gasteiger partial charge on any atom is 0.249 e. The van der Waals surface area contributed by atoms with Gasteiger partial charge in [-0.15, -0.1) is 0 Å². The largest absolute Gasteiger partial charge is 0.399 e. The smallest absolute Gasteiger partial charge is 0.249 e. The molecule has 0 aliphatic heterocycles. The number of nitrogens with zero attached hydrogens (tertiary/aromatic N) is 1. The fraction of sp³-hybridized carbons (Fsp3) is 0.812. The molecule has 0 spiro atoms. The first kappa shape index (κ1) is 24.6. The van der Waals surface area contributed by atoms with Crippen LogP contribution in [0.5, 0.6) is 0 Å². The van der Waals surface area contributed by atoms with E-state index >= 15 is 0 Å². The van der Waals surface area contributed by atoms with Crippen LogP contribution in [0.15, 0.2) is 5.16 Å². The molecule has 0 rings (SSSR count). The molecule has 2 amide bonds. The number of carbonyl (C=O) groups excluding carboxylic acids is 2. The number of aliphatic hydroxyl groups excluding tert-OH is 1. The van der Waals surface area contributed by atoms with Crippen molar-refractivity contribution in [2.75, 3.05) is 33.9 Å². The molecule has 0 aliphatic carbocycles. The van der Waals surface area contributed by atoms with Crippen molar-refractivity contribution in [2.24, 2.45) is 10.6 Å². The summed E-state index contributed by atoms with van der Waals surface area (Å²) in [4.78, 5) is 27.9. The molecular formula is C16H33N3O5. The van der Waals surface area contributed by atoms with Crippen LogP contribution in [0.3, 0.4) is 0 Å². The molecule has 0 aromatic heterocycles. The lowest BCUT2D eigenvalue weighted by atomic mass is 9.87. The van der Waals surface area contributed by atoms with Gasteiger partial charge in [0.2, 0.25) is 11.8 Å². The van der Waals surface area contributed by atoms with Gasteiger partial charge in [0.1, 0.15) is 13.2 Å². The number of methoxy groups -OCH3 is 1. The van der Waals surface area contributed by atoms with Crippen LogP contribution in [0.1, 0.15) is 41.0 Å². The van der Waals surface area contributed by atoms with Crippen LogP contribution in [-0.4, -0.2) is 62.7 Å². The molecule has 142 valence electrons. The summed E-state index contributed by atoms with van der Waals surface area (Å²) in [6.07, 6.45) is -1.09. The van der Waals surface area contributed by atoms with Crippen molar-refractivity contribution in [3.8, 4) is 0 Å². The van der Waals surface area contributed by atoms with Gasteiger partial charge in [0.05, 0.1) is 18.9 Å². The zero-order valence-corrected chi connectivity index (χ0v) is 15.9. The Balaban J connectivity index is 0. The van der Waals surface area contributed by atoms with E-state index in [0.29, 0.717) is 5.71 Å². The van der Waals surface area contributed by atoms with Crippen LogP contribution in [0.2, 0.25) is 0 Å². The average Bonchev–Trinajstić information content (AvgIpc) is 2.54. The summed E-state index contributed by atoms with van der Waals surface area (Å²) in [6.45, 7) is 9.85. The third-order valence-corrected chi connectivity index (χ3v) is 2.94. The summed E-state index contributed by atoms with van der Waals surface area (Å²) in [7, 11) is 2.93. The molecule has 24 heavy (non-hydrogen) atoms. The number of oxime groups is 1. The van der Waals surface area contributed by atoms with Crippen LogP contribution in [0, 0.1) is 5.41 Å². The second-order valence-corrected chi connectivity index (χ2v) is 5.65. The Kier molecular flexibility index (Phi) is 14.1. The molecule has 0 aliphatic rings. The molecule has 0 heterocycles. The number of nitrogens with one attached hydrogen (secondary N) is 2. The first-order chi connectivity index (χ1) is 11.2. The molecule has 1 atom stereocenters. The van der Waals surface area contributed by atoms with E-state index in [0.717, 1.165) is 0 Å². The molecule has 3 N–H and O–H groups in total. The normalized spacial score (nSPS) is 12.6. The summed E-state index contributed by atoms with van der Waals surface area (Å²) >= 11 is 0. The van der Waals surface area contributed by atoms with Crippen LogP contribution < -0.4 is 10.6 Å². The van der Waals surface area contributed by atoms with Gasteiger partial charge < -0.3 is 25.3 Å². The highest BCUT2D eigenvalue weighted by Crippen LogP contribution is 2.20. The second kappa shape index (κ2) is 13.7. The van der Waals surface area contributed by atoms with Gasteiger partial charge in [0, 0.05) is 25.5 Å². The quantitative estimate of drug-likeness (QED) is 0.398. The Morgan fingerprint density at radius 3 is 2.29 bits per heavy atom. The lowest BCUT2D eigenvalue weighted by Crippen LogP contribution is -2.46. The monoisotopic (exact) mass is 347 g/mol. The Labute approximate surface area is 145 Å². The van der Waals surface area contributed by atoms with E-state index in [1.54, 1.807) is 20.8 Å². The molecule has 0 bridgehead atoms. The van der Waals surface area contributed by atoms with Gasteiger partial charge in [0.25, 0.3) is 0 Å². The predicted octanol–water partition coefficient (Wildman–Crippen LogP) is 0.691. The number of hydrogen-bond acceptors (Lipinski definition) is 6. The van der Waals surface area contributed by atoms with Crippen LogP contribution >= 0.6 is 0 Å². The molecule has 0 saturated heterocycles. The third kappa shape index (κ3) is 11.0. The third-order valence-electron chi connectivity index (χ3n) is 2.94. The van der Waals surface area contributed by atoms with Gasteiger partial charge in [-0.1, -0.05) is 32.9 Å². The number of carbonyl (C=O) groups is 2. The van der Waals surface area contributed by atoms with Gasteiger partial charge in [0.15, 0.2) is 0 Å². The van der Waals surface area contributed by atoms with Gasteiger partial charge in [-0.3, -0.25) is 9.59 Å². The molecule has 1 unspecified atom stereocenters. The minimum absolute atomic E-state index is 0.115. The molecule has 8 nitrogen and oxygen atoms in total. The lowest BCUT2D eigenvalue weighted by molar-refractivity contribution is -0.137. The molecule has 8 heteroatoms. The van der Waals surface area contributed by atoms with Crippen molar-refractivity contribution in [1.82, 2.24) is 10.6 Å². The fourth-order valence-corrected chi connectivity index (χ4v) is 1.70. The Hall–Kier alpha value is -1.67. The van der Waals surface area contributed by atoms with Crippen molar-refractivity contribution in [3.63, 3.8) is 0 Å². The standard InChI is InChI=1S/C14H27N3O5.C2H6/c1-10(17-22-5)8-16-11(18)6-7-15-13(20)12(19)14(2,3)9-21-4;1-2/h12,19H,6-9H2,1-5H3,(H,15,20)(H,16,18);1-2H3/b17-10+;. The Morgan fingerprint density at radius 2 is 1.79 bits per heavy atom. The number of hydrogen-bond donors (Lipinski definition) is 3. The van der Waals surface area contributed by atoms with Gasteiger partial charge >= 0.3 is 0 Å². The second-order valence-electron chi connectivity index (χ2n) is 5.65. The van der Waals surface area contributed by atoms with E-state index in [1.807, 2.05) is 13.8 Å². The summed E-state index contributed by atoms with van der Waals surface area (Å²) in [5.74, 6) is -0.747. The van der Waals surface area contributed by atoms with Gasteiger partial charge in [-0.2, -0.15) is 0 Å². The van der Waals surface area contributed by atoms with Crippen molar-refractivity contribution in [1.29, 1.82) is 0 Å². The Morgan fingerprint density at radius 1 is 1.21 bits per heavy atom.